The largest absolute Gasteiger partial charge is 0.457 e. The molecular formula is C21H17N3O2S. The van der Waals surface area contributed by atoms with Crippen molar-refractivity contribution < 1.29 is 9.53 Å². The number of hydrogen-bond donors (Lipinski definition) is 0. The maximum atomic E-state index is 12.7. The second-order valence-corrected chi connectivity index (χ2v) is 7.16. The molecule has 0 bridgehead atoms. The molecule has 0 aliphatic carbocycles. The number of thiazole rings is 1. The zero-order chi connectivity index (χ0) is 18.6. The minimum atomic E-state index is -0.0512. The Hall–Kier alpha value is -3.25. The average Bonchev–Trinajstić information content (AvgIpc) is 3.11. The minimum Gasteiger partial charge on any atom is -0.457 e. The molecule has 2 aromatic carbocycles. The van der Waals surface area contributed by atoms with Crippen LogP contribution < -0.4 is 4.74 Å². The molecule has 27 heavy (non-hydrogen) atoms. The third-order valence-electron chi connectivity index (χ3n) is 4.04. The second kappa shape index (κ2) is 7.55. The van der Waals surface area contributed by atoms with E-state index in [9.17, 15) is 4.79 Å². The Kier molecular flexibility index (Phi) is 4.80. The number of rotatable bonds is 5. The SMILES string of the molecule is CN(Cc1nc2ccccc2s1)C(=O)c1ccc(Oc2ccncc2)cc1. The summed E-state index contributed by atoms with van der Waals surface area (Å²) in [6.07, 6.45) is 3.34. The lowest BCUT2D eigenvalue weighted by Crippen LogP contribution is -2.26. The summed E-state index contributed by atoms with van der Waals surface area (Å²) in [6, 6.07) is 18.7. The summed E-state index contributed by atoms with van der Waals surface area (Å²) in [5, 5.41) is 0.921. The fraction of sp³-hybridized carbons (Fsp3) is 0.0952. The summed E-state index contributed by atoms with van der Waals surface area (Å²) in [5.74, 6) is 1.33. The van der Waals surface area contributed by atoms with E-state index in [0.717, 1.165) is 15.2 Å². The lowest BCUT2D eigenvalue weighted by molar-refractivity contribution is 0.0785. The van der Waals surface area contributed by atoms with Crippen LogP contribution in [0.3, 0.4) is 0 Å². The molecule has 0 fully saturated rings. The van der Waals surface area contributed by atoms with E-state index in [1.807, 2.05) is 24.3 Å². The zero-order valence-corrected chi connectivity index (χ0v) is 15.5. The summed E-state index contributed by atoms with van der Waals surface area (Å²) in [5.41, 5.74) is 1.58. The van der Waals surface area contributed by atoms with Crippen molar-refractivity contribution in [1.29, 1.82) is 0 Å². The number of nitrogens with zero attached hydrogens (tertiary/aromatic N) is 3. The van der Waals surface area contributed by atoms with Crippen LogP contribution in [0.25, 0.3) is 10.2 Å². The van der Waals surface area contributed by atoms with E-state index in [2.05, 4.69) is 9.97 Å². The van der Waals surface area contributed by atoms with E-state index in [0.29, 0.717) is 23.6 Å². The second-order valence-electron chi connectivity index (χ2n) is 6.05. The standard InChI is InChI=1S/C21H17N3O2S/c1-24(14-20-23-18-4-2-3-5-19(18)27-20)21(25)15-6-8-16(9-7-15)26-17-10-12-22-13-11-17/h2-13H,14H2,1H3. The molecule has 6 heteroatoms. The number of para-hydroxylation sites is 1. The van der Waals surface area contributed by atoms with Crippen molar-refractivity contribution in [2.45, 2.75) is 6.54 Å². The molecule has 0 spiro atoms. The number of amides is 1. The molecule has 0 unspecified atom stereocenters. The van der Waals surface area contributed by atoms with Crippen LogP contribution in [0, 0.1) is 0 Å². The van der Waals surface area contributed by atoms with Crippen LogP contribution >= 0.6 is 11.3 Å². The van der Waals surface area contributed by atoms with Gasteiger partial charge < -0.3 is 9.64 Å². The van der Waals surface area contributed by atoms with Crippen LogP contribution in [0.5, 0.6) is 11.5 Å². The van der Waals surface area contributed by atoms with Gasteiger partial charge >= 0.3 is 0 Å². The highest BCUT2D eigenvalue weighted by Gasteiger charge is 2.14. The summed E-state index contributed by atoms with van der Waals surface area (Å²) in [6.45, 7) is 0.480. The fourth-order valence-electron chi connectivity index (χ4n) is 2.69. The van der Waals surface area contributed by atoms with Gasteiger partial charge in [0.25, 0.3) is 5.91 Å². The summed E-state index contributed by atoms with van der Waals surface area (Å²) >= 11 is 1.61. The molecule has 1 amide bonds. The van der Waals surface area contributed by atoms with Gasteiger partial charge in [0.1, 0.15) is 16.5 Å². The molecule has 4 aromatic rings. The molecule has 2 heterocycles. The number of carbonyl (C=O) groups excluding carboxylic acids is 1. The Labute approximate surface area is 160 Å². The summed E-state index contributed by atoms with van der Waals surface area (Å²) in [7, 11) is 1.79. The first kappa shape index (κ1) is 17.2. The third kappa shape index (κ3) is 3.96. The van der Waals surface area contributed by atoms with Crippen LogP contribution in [0.15, 0.2) is 73.1 Å². The number of aromatic nitrogens is 2. The first-order valence-corrected chi connectivity index (χ1v) is 9.28. The van der Waals surface area contributed by atoms with Crippen LogP contribution in [-0.4, -0.2) is 27.8 Å². The molecule has 134 valence electrons. The van der Waals surface area contributed by atoms with Gasteiger partial charge in [-0.25, -0.2) is 4.98 Å². The van der Waals surface area contributed by atoms with Gasteiger partial charge in [0.2, 0.25) is 0 Å². The lowest BCUT2D eigenvalue weighted by Gasteiger charge is -2.16. The van der Waals surface area contributed by atoms with Gasteiger partial charge in [0.15, 0.2) is 0 Å². The van der Waals surface area contributed by atoms with E-state index >= 15 is 0 Å². The van der Waals surface area contributed by atoms with E-state index in [1.54, 1.807) is 72.1 Å². The predicted molar refractivity (Wildman–Crippen MR) is 106 cm³/mol. The Balaban J connectivity index is 1.43. The van der Waals surface area contributed by atoms with Crippen molar-refractivity contribution in [3.63, 3.8) is 0 Å². The molecular weight excluding hydrogens is 358 g/mol. The van der Waals surface area contributed by atoms with Gasteiger partial charge in [0.05, 0.1) is 16.8 Å². The highest BCUT2D eigenvalue weighted by Crippen LogP contribution is 2.24. The number of benzene rings is 2. The van der Waals surface area contributed by atoms with Crippen molar-refractivity contribution in [3.05, 3.63) is 83.6 Å². The monoisotopic (exact) mass is 375 g/mol. The van der Waals surface area contributed by atoms with E-state index < -0.39 is 0 Å². The molecule has 0 N–H and O–H groups in total. The molecule has 0 aliphatic heterocycles. The maximum Gasteiger partial charge on any atom is 0.253 e. The normalized spacial score (nSPS) is 10.7. The van der Waals surface area contributed by atoms with Crippen molar-refractivity contribution in [2.24, 2.45) is 0 Å². The minimum absolute atomic E-state index is 0.0512. The van der Waals surface area contributed by atoms with E-state index in [1.165, 1.54) is 0 Å². The quantitative estimate of drug-likeness (QED) is 0.505. The van der Waals surface area contributed by atoms with Crippen molar-refractivity contribution in [2.75, 3.05) is 7.05 Å². The average molecular weight is 375 g/mol. The summed E-state index contributed by atoms with van der Waals surface area (Å²) in [4.78, 5) is 22.9. The van der Waals surface area contributed by atoms with Gasteiger partial charge in [-0.15, -0.1) is 11.3 Å². The smallest absolute Gasteiger partial charge is 0.253 e. The first-order valence-electron chi connectivity index (χ1n) is 8.47. The highest BCUT2D eigenvalue weighted by atomic mass is 32.1. The Morgan fingerprint density at radius 1 is 1.00 bits per heavy atom. The van der Waals surface area contributed by atoms with Crippen molar-refractivity contribution >= 4 is 27.5 Å². The van der Waals surface area contributed by atoms with Gasteiger partial charge in [-0.3, -0.25) is 9.78 Å². The van der Waals surface area contributed by atoms with Crippen LogP contribution in [0.2, 0.25) is 0 Å². The van der Waals surface area contributed by atoms with Gasteiger partial charge in [-0.05, 0) is 48.5 Å². The van der Waals surface area contributed by atoms with Crippen LogP contribution in [0.4, 0.5) is 0 Å². The predicted octanol–water partition coefficient (Wildman–Crippen LogP) is 4.76. The number of fused-ring (bicyclic) bond motifs is 1. The Morgan fingerprint density at radius 3 is 2.44 bits per heavy atom. The lowest BCUT2D eigenvalue weighted by atomic mass is 10.2. The zero-order valence-electron chi connectivity index (χ0n) is 14.7. The molecule has 0 radical (unpaired) electrons. The van der Waals surface area contributed by atoms with E-state index in [-0.39, 0.29) is 5.91 Å². The Morgan fingerprint density at radius 2 is 1.70 bits per heavy atom. The number of carbonyl (C=O) groups is 1. The first-order chi connectivity index (χ1) is 13.2. The third-order valence-corrected chi connectivity index (χ3v) is 5.07. The molecule has 2 aromatic heterocycles. The van der Waals surface area contributed by atoms with E-state index in [4.69, 9.17) is 4.74 Å². The van der Waals surface area contributed by atoms with Gasteiger partial charge in [-0.1, -0.05) is 12.1 Å². The van der Waals surface area contributed by atoms with Gasteiger partial charge in [0, 0.05) is 25.0 Å². The highest BCUT2D eigenvalue weighted by molar-refractivity contribution is 7.18. The summed E-state index contributed by atoms with van der Waals surface area (Å²) < 4.78 is 6.86. The fourth-order valence-corrected chi connectivity index (χ4v) is 3.71. The van der Waals surface area contributed by atoms with Gasteiger partial charge in [-0.2, -0.15) is 0 Å². The molecule has 0 saturated carbocycles. The van der Waals surface area contributed by atoms with Crippen molar-refractivity contribution in [1.82, 2.24) is 14.9 Å². The number of hydrogen-bond acceptors (Lipinski definition) is 5. The number of pyridine rings is 1. The van der Waals surface area contributed by atoms with Crippen LogP contribution in [0.1, 0.15) is 15.4 Å². The topological polar surface area (TPSA) is 55.3 Å². The Bertz CT molecular complexity index is 1030. The molecule has 0 atom stereocenters. The molecule has 4 rings (SSSR count). The molecule has 0 aliphatic rings. The molecule has 5 nitrogen and oxygen atoms in total. The number of ether oxygens (including phenoxy) is 1. The van der Waals surface area contributed by atoms with Crippen LogP contribution in [-0.2, 0) is 6.54 Å². The molecule has 0 saturated heterocycles. The van der Waals surface area contributed by atoms with Crippen molar-refractivity contribution in [3.8, 4) is 11.5 Å². The maximum absolute atomic E-state index is 12.7.